The predicted octanol–water partition coefficient (Wildman–Crippen LogP) is 2.43. The zero-order chi connectivity index (χ0) is 12.4. The fourth-order valence-corrected chi connectivity index (χ4v) is 2.46. The quantitative estimate of drug-likeness (QED) is 0.828. The van der Waals surface area contributed by atoms with Gasteiger partial charge in [-0.1, -0.05) is 30.3 Å². The molecule has 0 amide bonds. The molecule has 0 bridgehead atoms. The van der Waals surface area contributed by atoms with Crippen LogP contribution in [0.1, 0.15) is 37.3 Å². The number of hydrogen-bond donors (Lipinski definition) is 1. The Balaban J connectivity index is 1.52. The molecule has 1 saturated carbocycles. The van der Waals surface area contributed by atoms with Gasteiger partial charge < -0.3 is 4.74 Å². The van der Waals surface area contributed by atoms with Gasteiger partial charge in [-0.3, -0.25) is 10.1 Å². The summed E-state index contributed by atoms with van der Waals surface area (Å²) in [6.45, 7) is 0.618. The second-order valence-electron chi connectivity index (χ2n) is 5.33. The molecule has 1 aromatic carbocycles. The summed E-state index contributed by atoms with van der Waals surface area (Å²) in [4.78, 5) is 11.9. The number of rotatable bonds is 4. The molecule has 1 N–H and O–H groups in total. The Hall–Kier alpha value is -1.35. The molecule has 1 aromatic rings. The van der Waals surface area contributed by atoms with E-state index in [0.717, 1.165) is 12.8 Å². The van der Waals surface area contributed by atoms with E-state index in [-0.39, 0.29) is 12.0 Å². The second kappa shape index (κ2) is 5.11. The Morgan fingerprint density at radius 2 is 1.94 bits per heavy atom. The Labute approximate surface area is 108 Å². The van der Waals surface area contributed by atoms with Crippen LogP contribution < -0.4 is 5.32 Å². The summed E-state index contributed by atoms with van der Waals surface area (Å²) in [7, 11) is 0. The maximum absolute atomic E-state index is 11.9. The van der Waals surface area contributed by atoms with Crippen LogP contribution in [-0.2, 0) is 9.53 Å². The number of benzene rings is 1. The first-order chi connectivity index (χ1) is 8.83. The number of hydrogen-bond acceptors (Lipinski definition) is 3. The van der Waals surface area contributed by atoms with Crippen molar-refractivity contribution in [1.82, 2.24) is 5.32 Å². The summed E-state index contributed by atoms with van der Waals surface area (Å²) >= 11 is 0. The highest BCUT2D eigenvalue weighted by atomic mass is 16.5. The van der Waals surface area contributed by atoms with Crippen molar-refractivity contribution in [3.05, 3.63) is 35.9 Å². The van der Waals surface area contributed by atoms with Crippen LogP contribution >= 0.6 is 0 Å². The van der Waals surface area contributed by atoms with Crippen LogP contribution in [0.5, 0.6) is 0 Å². The summed E-state index contributed by atoms with van der Waals surface area (Å²) in [5.74, 6) is 0.570. The molecule has 0 unspecified atom stereocenters. The first-order valence-corrected chi connectivity index (χ1v) is 6.80. The van der Waals surface area contributed by atoms with E-state index in [4.69, 9.17) is 4.74 Å². The Morgan fingerprint density at radius 1 is 1.17 bits per heavy atom. The number of nitrogens with one attached hydrogen (secondary N) is 1. The molecule has 18 heavy (non-hydrogen) atoms. The lowest BCUT2D eigenvalue weighted by atomic mass is 10.1. The van der Waals surface area contributed by atoms with Crippen LogP contribution in [0, 0.1) is 5.92 Å². The van der Waals surface area contributed by atoms with E-state index in [9.17, 15) is 4.79 Å². The summed E-state index contributed by atoms with van der Waals surface area (Å²) in [6.07, 6.45) is 4.33. The second-order valence-corrected chi connectivity index (χ2v) is 5.33. The van der Waals surface area contributed by atoms with E-state index in [2.05, 4.69) is 17.4 Å². The fourth-order valence-electron chi connectivity index (χ4n) is 2.46. The minimum Gasteiger partial charge on any atom is -0.464 e. The van der Waals surface area contributed by atoms with Crippen molar-refractivity contribution in [2.75, 3.05) is 6.61 Å². The van der Waals surface area contributed by atoms with Gasteiger partial charge in [0.25, 0.3) is 0 Å². The molecule has 1 saturated heterocycles. The van der Waals surface area contributed by atoms with Gasteiger partial charge in [-0.05, 0) is 37.2 Å². The van der Waals surface area contributed by atoms with E-state index in [1.165, 1.54) is 18.4 Å². The van der Waals surface area contributed by atoms with Gasteiger partial charge >= 0.3 is 5.97 Å². The Kier molecular flexibility index (Phi) is 3.33. The van der Waals surface area contributed by atoms with Gasteiger partial charge in [0.1, 0.15) is 6.04 Å². The first kappa shape index (κ1) is 11.7. The van der Waals surface area contributed by atoms with E-state index in [0.29, 0.717) is 18.6 Å². The molecule has 96 valence electrons. The maximum Gasteiger partial charge on any atom is 0.323 e. The maximum atomic E-state index is 11.9. The van der Waals surface area contributed by atoms with Crippen LogP contribution in [0.15, 0.2) is 30.3 Å². The monoisotopic (exact) mass is 245 g/mol. The number of carbonyl (C=O) groups is 1. The lowest BCUT2D eigenvalue weighted by molar-refractivity contribution is -0.146. The van der Waals surface area contributed by atoms with Crippen LogP contribution in [0.4, 0.5) is 0 Å². The van der Waals surface area contributed by atoms with Gasteiger partial charge in [-0.25, -0.2) is 0 Å². The molecule has 1 aliphatic carbocycles. The molecule has 0 aromatic heterocycles. The largest absolute Gasteiger partial charge is 0.464 e. The van der Waals surface area contributed by atoms with Crippen molar-refractivity contribution in [2.45, 2.75) is 37.8 Å². The molecule has 3 rings (SSSR count). The van der Waals surface area contributed by atoms with Crippen molar-refractivity contribution < 1.29 is 9.53 Å². The van der Waals surface area contributed by atoms with E-state index < -0.39 is 0 Å². The normalized spacial score (nSPS) is 27.1. The van der Waals surface area contributed by atoms with E-state index >= 15 is 0 Å². The summed E-state index contributed by atoms with van der Waals surface area (Å²) < 4.78 is 5.33. The average Bonchev–Trinajstić information content (AvgIpc) is 3.11. The molecule has 3 nitrogen and oxygen atoms in total. The van der Waals surface area contributed by atoms with Crippen molar-refractivity contribution >= 4 is 5.97 Å². The van der Waals surface area contributed by atoms with Gasteiger partial charge in [0.15, 0.2) is 0 Å². The smallest absolute Gasteiger partial charge is 0.323 e. The topological polar surface area (TPSA) is 38.3 Å². The third-order valence-electron chi connectivity index (χ3n) is 3.79. The Morgan fingerprint density at radius 3 is 2.67 bits per heavy atom. The molecule has 1 heterocycles. The van der Waals surface area contributed by atoms with Gasteiger partial charge in [0.2, 0.25) is 0 Å². The third-order valence-corrected chi connectivity index (χ3v) is 3.79. The van der Waals surface area contributed by atoms with Crippen molar-refractivity contribution in [1.29, 1.82) is 0 Å². The highest BCUT2D eigenvalue weighted by molar-refractivity contribution is 5.76. The van der Waals surface area contributed by atoms with Crippen LogP contribution in [0.2, 0.25) is 0 Å². The number of ether oxygens (including phenoxy) is 1. The zero-order valence-corrected chi connectivity index (χ0v) is 10.5. The van der Waals surface area contributed by atoms with E-state index in [1.807, 2.05) is 18.2 Å². The highest BCUT2D eigenvalue weighted by Gasteiger charge is 2.32. The SMILES string of the molecule is O=C(OCC1CC1)[C@@H]1CC[C@H](c2ccccc2)N1. The van der Waals surface area contributed by atoms with Crippen LogP contribution in [0.3, 0.4) is 0 Å². The van der Waals surface area contributed by atoms with Crippen LogP contribution in [0.25, 0.3) is 0 Å². The third kappa shape index (κ3) is 2.72. The molecule has 1 aliphatic heterocycles. The first-order valence-electron chi connectivity index (χ1n) is 6.80. The standard InChI is InChI=1S/C15H19NO2/c17-15(18-10-11-6-7-11)14-9-8-13(16-14)12-4-2-1-3-5-12/h1-5,11,13-14,16H,6-10H2/t13-,14+/m1/s1. The molecular weight excluding hydrogens is 226 g/mol. The summed E-state index contributed by atoms with van der Waals surface area (Å²) in [6, 6.07) is 10.5. The number of esters is 1. The van der Waals surface area contributed by atoms with E-state index in [1.54, 1.807) is 0 Å². The minimum atomic E-state index is -0.117. The molecular formula is C15H19NO2. The fraction of sp³-hybridized carbons (Fsp3) is 0.533. The predicted molar refractivity (Wildman–Crippen MR) is 69.0 cm³/mol. The summed E-state index contributed by atoms with van der Waals surface area (Å²) in [5, 5.41) is 3.38. The highest BCUT2D eigenvalue weighted by Crippen LogP contribution is 2.30. The van der Waals surface area contributed by atoms with Gasteiger partial charge in [0, 0.05) is 6.04 Å². The van der Waals surface area contributed by atoms with Gasteiger partial charge in [-0.15, -0.1) is 0 Å². The zero-order valence-electron chi connectivity index (χ0n) is 10.5. The average molecular weight is 245 g/mol. The molecule has 2 atom stereocenters. The lowest BCUT2D eigenvalue weighted by Crippen LogP contribution is -2.34. The minimum absolute atomic E-state index is 0.0691. The van der Waals surface area contributed by atoms with Gasteiger partial charge in [0.05, 0.1) is 6.61 Å². The lowest BCUT2D eigenvalue weighted by Gasteiger charge is -2.14. The van der Waals surface area contributed by atoms with Crippen LogP contribution in [-0.4, -0.2) is 18.6 Å². The molecule has 2 fully saturated rings. The molecule has 0 spiro atoms. The molecule has 3 heteroatoms. The van der Waals surface area contributed by atoms with Gasteiger partial charge in [-0.2, -0.15) is 0 Å². The Bertz CT molecular complexity index is 414. The number of carbonyl (C=O) groups excluding carboxylic acids is 1. The van der Waals surface area contributed by atoms with Crippen molar-refractivity contribution in [3.8, 4) is 0 Å². The molecule has 0 radical (unpaired) electrons. The molecule has 2 aliphatic rings. The van der Waals surface area contributed by atoms with Crippen molar-refractivity contribution in [2.24, 2.45) is 5.92 Å². The summed E-state index contributed by atoms with van der Waals surface area (Å²) in [5.41, 5.74) is 1.26. The van der Waals surface area contributed by atoms with Crippen molar-refractivity contribution in [3.63, 3.8) is 0 Å².